The fourth-order valence-corrected chi connectivity index (χ4v) is 6.65. The van der Waals surface area contributed by atoms with Crippen LogP contribution in [-0.4, -0.2) is 40.1 Å². The highest BCUT2D eigenvalue weighted by Gasteiger charge is 2.49. The smallest absolute Gasteiger partial charge is 0.192 e. The van der Waals surface area contributed by atoms with E-state index in [1.165, 1.54) is 12.8 Å². The molecule has 0 bridgehead atoms. The molecule has 1 aliphatic rings. The molecule has 0 aromatic rings. The third-order valence-electron chi connectivity index (χ3n) is 8.20. The minimum atomic E-state index is -1.94. The van der Waals surface area contributed by atoms with E-state index in [9.17, 15) is 5.11 Å². The molecule has 0 saturated heterocycles. The van der Waals surface area contributed by atoms with Gasteiger partial charge in [-0.25, -0.2) is 0 Å². The predicted octanol–water partition coefficient (Wildman–Crippen LogP) is 8.09. The minimum Gasteiger partial charge on any atom is -0.413 e. The molecule has 1 rings (SSSR count). The summed E-state index contributed by atoms with van der Waals surface area (Å²) in [7, 11) is -3.85. The van der Waals surface area contributed by atoms with E-state index in [0.29, 0.717) is 0 Å². The molecule has 0 spiro atoms. The van der Waals surface area contributed by atoms with Crippen molar-refractivity contribution in [3.8, 4) is 0 Å². The van der Waals surface area contributed by atoms with Crippen molar-refractivity contribution in [2.24, 2.45) is 11.8 Å². The van der Waals surface area contributed by atoms with Crippen molar-refractivity contribution in [3.63, 3.8) is 0 Å². The van der Waals surface area contributed by atoms with Crippen molar-refractivity contribution < 1.29 is 14.0 Å². The number of unbranched alkanes of at least 4 members (excludes halogenated alkanes) is 2. The monoisotopic (exact) mass is 482 g/mol. The number of aliphatic hydroxyl groups excluding tert-OH is 1. The highest BCUT2D eigenvalue weighted by Crippen LogP contribution is 2.47. The van der Waals surface area contributed by atoms with Crippen LogP contribution in [0, 0.1) is 11.8 Å². The average Bonchev–Trinajstić information content (AvgIpc) is 2.92. The Morgan fingerprint density at radius 2 is 1.38 bits per heavy atom. The summed E-state index contributed by atoms with van der Waals surface area (Å²) in [6.45, 7) is 29.5. The molecule has 0 aromatic carbocycles. The van der Waals surface area contributed by atoms with Gasteiger partial charge in [0.2, 0.25) is 0 Å². The third kappa shape index (κ3) is 7.94. The zero-order valence-corrected chi connectivity index (χ0v) is 25.1. The maximum atomic E-state index is 10.5. The van der Waals surface area contributed by atoms with Gasteiger partial charge in [-0.15, -0.1) is 6.58 Å². The van der Waals surface area contributed by atoms with Crippen molar-refractivity contribution in [1.82, 2.24) is 0 Å². The first-order chi connectivity index (χ1) is 14.5. The largest absolute Gasteiger partial charge is 0.413 e. The van der Waals surface area contributed by atoms with Crippen LogP contribution in [0.3, 0.4) is 0 Å². The van der Waals surface area contributed by atoms with Gasteiger partial charge in [-0.1, -0.05) is 86.0 Å². The number of hydrogen-bond donors (Lipinski definition) is 1. The number of aliphatic hydroxyl groups is 1. The van der Waals surface area contributed by atoms with Gasteiger partial charge in [0.15, 0.2) is 16.6 Å². The van der Waals surface area contributed by atoms with Gasteiger partial charge in [-0.2, -0.15) is 0 Å². The maximum Gasteiger partial charge on any atom is 0.192 e. The van der Waals surface area contributed by atoms with Gasteiger partial charge in [0, 0.05) is 11.8 Å². The lowest BCUT2D eigenvalue weighted by atomic mass is 9.92. The van der Waals surface area contributed by atoms with Crippen LogP contribution in [-0.2, 0) is 8.85 Å². The first-order valence-electron chi connectivity index (χ1n) is 12.8. The topological polar surface area (TPSA) is 38.7 Å². The van der Waals surface area contributed by atoms with E-state index >= 15 is 0 Å². The second-order valence-corrected chi connectivity index (χ2v) is 22.4. The van der Waals surface area contributed by atoms with E-state index in [4.69, 9.17) is 8.85 Å². The fraction of sp³-hybridized carbons (Fsp3) is 0.852. The Hall–Kier alpha value is -0.206. The van der Waals surface area contributed by atoms with Crippen LogP contribution in [0.2, 0.25) is 36.3 Å². The summed E-state index contributed by atoms with van der Waals surface area (Å²) in [4.78, 5) is 0. The molecule has 188 valence electrons. The van der Waals surface area contributed by atoms with Crippen LogP contribution < -0.4 is 0 Å². The molecule has 3 nitrogen and oxygen atoms in total. The molecule has 32 heavy (non-hydrogen) atoms. The summed E-state index contributed by atoms with van der Waals surface area (Å²) < 4.78 is 13.9. The Morgan fingerprint density at radius 3 is 1.78 bits per heavy atom. The Bertz CT molecular complexity index is 613. The SMILES string of the molecule is C=C[C@@H]1[C@H](/C=C\C(O)CCCCC)[C@H](O[Si](C)(C)C(C)(C)C)C[C@@H]1O[Si](C)(C)C(C)(C)C. The molecule has 1 unspecified atom stereocenters. The lowest BCUT2D eigenvalue weighted by Crippen LogP contribution is -2.45. The molecule has 5 heteroatoms. The van der Waals surface area contributed by atoms with Crippen LogP contribution in [0.25, 0.3) is 0 Å². The molecule has 1 fully saturated rings. The molecule has 1 aliphatic carbocycles. The number of rotatable bonds is 11. The van der Waals surface area contributed by atoms with Crippen molar-refractivity contribution in [2.45, 2.75) is 135 Å². The van der Waals surface area contributed by atoms with E-state index < -0.39 is 16.6 Å². The molecule has 0 aliphatic heterocycles. The van der Waals surface area contributed by atoms with Gasteiger partial charge >= 0.3 is 0 Å². The highest BCUT2D eigenvalue weighted by molar-refractivity contribution is 6.74. The predicted molar refractivity (Wildman–Crippen MR) is 145 cm³/mol. The summed E-state index contributed by atoms with van der Waals surface area (Å²) in [5, 5.41) is 10.9. The molecule has 0 heterocycles. The van der Waals surface area contributed by atoms with Crippen LogP contribution in [0.4, 0.5) is 0 Å². The third-order valence-corrected chi connectivity index (χ3v) is 17.2. The van der Waals surface area contributed by atoms with Gasteiger partial charge < -0.3 is 14.0 Å². The van der Waals surface area contributed by atoms with Crippen molar-refractivity contribution in [2.75, 3.05) is 0 Å². The van der Waals surface area contributed by atoms with Gasteiger partial charge in [-0.05, 0) is 49.1 Å². The molecule has 1 N–H and O–H groups in total. The fourth-order valence-electron chi connectivity index (χ4n) is 3.92. The average molecular weight is 483 g/mol. The summed E-state index contributed by atoms with van der Waals surface area (Å²) >= 11 is 0. The van der Waals surface area contributed by atoms with Crippen LogP contribution in [0.1, 0.15) is 80.6 Å². The minimum absolute atomic E-state index is 0.104. The van der Waals surface area contributed by atoms with Crippen LogP contribution >= 0.6 is 0 Å². The lowest BCUT2D eigenvalue weighted by molar-refractivity contribution is 0.135. The first kappa shape index (κ1) is 29.8. The molecular formula is C27H54O3Si2. The molecular weight excluding hydrogens is 428 g/mol. The van der Waals surface area contributed by atoms with E-state index in [1.807, 2.05) is 6.08 Å². The highest BCUT2D eigenvalue weighted by atomic mass is 28.4. The Balaban J connectivity index is 3.17. The van der Waals surface area contributed by atoms with Gasteiger partial charge in [0.05, 0.1) is 18.3 Å². The quantitative estimate of drug-likeness (QED) is 0.184. The summed E-state index contributed by atoms with van der Waals surface area (Å²) in [6.07, 6.45) is 11.3. The summed E-state index contributed by atoms with van der Waals surface area (Å²) in [5.41, 5.74) is 0. The summed E-state index contributed by atoms with van der Waals surface area (Å²) in [5.74, 6) is 0.398. The maximum absolute atomic E-state index is 10.5. The van der Waals surface area contributed by atoms with E-state index in [1.54, 1.807) is 0 Å². The number of hydrogen-bond acceptors (Lipinski definition) is 3. The molecule has 0 aromatic heterocycles. The summed E-state index contributed by atoms with van der Waals surface area (Å²) in [6, 6.07) is 0. The van der Waals surface area contributed by atoms with E-state index in [0.717, 1.165) is 19.3 Å². The van der Waals surface area contributed by atoms with E-state index in [-0.39, 0.29) is 40.2 Å². The molecule has 1 saturated carbocycles. The zero-order valence-electron chi connectivity index (χ0n) is 23.1. The van der Waals surface area contributed by atoms with Crippen molar-refractivity contribution in [3.05, 3.63) is 24.8 Å². The van der Waals surface area contributed by atoms with Gasteiger partial charge in [-0.3, -0.25) is 0 Å². The van der Waals surface area contributed by atoms with Gasteiger partial charge in [0.25, 0.3) is 0 Å². The van der Waals surface area contributed by atoms with Crippen molar-refractivity contribution in [1.29, 1.82) is 0 Å². The Kier molecular flexibility index (Phi) is 10.7. The Labute approximate surface area is 202 Å². The van der Waals surface area contributed by atoms with Gasteiger partial charge in [0.1, 0.15) is 0 Å². The van der Waals surface area contributed by atoms with Crippen molar-refractivity contribution >= 4 is 16.6 Å². The van der Waals surface area contributed by atoms with Crippen LogP contribution in [0.15, 0.2) is 24.8 Å². The molecule has 0 radical (unpaired) electrons. The molecule has 5 atom stereocenters. The zero-order chi connectivity index (χ0) is 25.0. The normalized spacial score (nSPS) is 26.6. The lowest BCUT2D eigenvalue weighted by Gasteiger charge is -2.40. The van der Waals surface area contributed by atoms with Crippen LogP contribution in [0.5, 0.6) is 0 Å². The van der Waals surface area contributed by atoms with E-state index in [2.05, 4.69) is 93.4 Å². The second-order valence-electron chi connectivity index (χ2n) is 12.9. The standard InChI is InChI=1S/C27H54O3Si2/c1-13-15-16-17-21(28)18-19-23-22(14-2)24(29-31(9,10)26(3,4)5)20-25(23)30-32(11,12)27(6,7)8/h14,18-19,21-25,28H,2,13,15-17,20H2,1,3-12H3/b19-18-/t21?,22-,23+,24+,25-/m1/s1. The Morgan fingerprint density at radius 1 is 0.906 bits per heavy atom. The first-order valence-corrected chi connectivity index (χ1v) is 18.6. The second kappa shape index (κ2) is 11.5. The molecule has 0 amide bonds.